The van der Waals surface area contributed by atoms with Crippen LogP contribution in [0.15, 0.2) is 0 Å². The summed E-state index contributed by atoms with van der Waals surface area (Å²) in [5.74, 6) is 1.47. The van der Waals surface area contributed by atoms with Gasteiger partial charge >= 0.3 is 0 Å². The third-order valence-electron chi connectivity index (χ3n) is 4.09. The first kappa shape index (κ1) is 14.3. The zero-order chi connectivity index (χ0) is 14.1. The summed E-state index contributed by atoms with van der Waals surface area (Å²) in [4.78, 5) is 9.01. The predicted octanol–water partition coefficient (Wildman–Crippen LogP) is 3.75. The van der Waals surface area contributed by atoms with Crippen LogP contribution in [-0.4, -0.2) is 24.1 Å². The molecule has 0 amide bonds. The first-order chi connectivity index (χ1) is 9.69. The largest absolute Gasteiger partial charge is 0.345 e. The van der Waals surface area contributed by atoms with E-state index < -0.39 is 0 Å². The highest BCUT2D eigenvalue weighted by Gasteiger charge is 2.34. The predicted molar refractivity (Wildman–Crippen MR) is 86.7 cm³/mol. The lowest BCUT2D eigenvalue weighted by Gasteiger charge is -2.18. The van der Waals surface area contributed by atoms with E-state index in [1.54, 1.807) is 0 Å². The number of rotatable bonds is 8. The van der Waals surface area contributed by atoms with Gasteiger partial charge in [-0.3, -0.25) is 0 Å². The third-order valence-corrected chi connectivity index (χ3v) is 5.20. The van der Waals surface area contributed by atoms with Crippen LogP contribution in [0.1, 0.15) is 62.9 Å². The van der Waals surface area contributed by atoms with Crippen LogP contribution in [0, 0.1) is 5.92 Å². The van der Waals surface area contributed by atoms with Gasteiger partial charge in [-0.2, -0.15) is 0 Å². The van der Waals surface area contributed by atoms with E-state index in [1.807, 2.05) is 11.3 Å². The first-order valence-corrected chi connectivity index (χ1v) is 8.97. The van der Waals surface area contributed by atoms with Crippen molar-refractivity contribution in [1.82, 2.24) is 10.3 Å². The van der Waals surface area contributed by atoms with Crippen molar-refractivity contribution in [2.24, 2.45) is 5.92 Å². The van der Waals surface area contributed by atoms with Crippen LogP contribution < -0.4 is 10.2 Å². The van der Waals surface area contributed by atoms with Crippen LogP contribution in [0.25, 0.3) is 0 Å². The van der Waals surface area contributed by atoms with E-state index in [-0.39, 0.29) is 0 Å². The third kappa shape index (κ3) is 3.34. The molecule has 2 fully saturated rings. The summed E-state index contributed by atoms with van der Waals surface area (Å²) in [6.45, 7) is 9.98. The van der Waals surface area contributed by atoms with Crippen LogP contribution >= 0.6 is 11.3 Å². The fraction of sp³-hybridized carbons (Fsp3) is 0.812. The molecule has 2 saturated carbocycles. The summed E-state index contributed by atoms with van der Waals surface area (Å²) in [7, 11) is 0. The molecule has 0 unspecified atom stereocenters. The quantitative estimate of drug-likeness (QED) is 0.791. The lowest BCUT2D eigenvalue weighted by molar-refractivity contribution is 0.553. The molecule has 2 aliphatic carbocycles. The smallest absolute Gasteiger partial charge is 0.186 e. The lowest BCUT2D eigenvalue weighted by Crippen LogP contribution is -2.24. The first-order valence-electron chi connectivity index (χ1n) is 8.16. The number of thiazole rings is 1. The second-order valence-electron chi connectivity index (χ2n) is 6.62. The molecule has 112 valence electrons. The molecule has 1 N–H and O–H groups in total. The molecule has 20 heavy (non-hydrogen) atoms. The number of nitrogens with zero attached hydrogens (tertiary/aromatic N) is 2. The molecule has 0 aliphatic heterocycles. The minimum Gasteiger partial charge on any atom is -0.345 e. The van der Waals surface area contributed by atoms with Crippen molar-refractivity contribution in [3.05, 3.63) is 10.6 Å². The summed E-state index contributed by atoms with van der Waals surface area (Å²) >= 11 is 1.93. The van der Waals surface area contributed by atoms with Crippen molar-refractivity contribution in [1.29, 1.82) is 0 Å². The van der Waals surface area contributed by atoms with Crippen LogP contribution in [0.4, 0.5) is 5.13 Å². The minimum atomic E-state index is 0.713. The summed E-state index contributed by atoms with van der Waals surface area (Å²) in [6, 6.07) is 0.773. The topological polar surface area (TPSA) is 28.2 Å². The highest BCUT2D eigenvalue weighted by Crippen LogP contribution is 2.45. The van der Waals surface area contributed by atoms with Gasteiger partial charge in [0.25, 0.3) is 0 Å². The Kier molecular flexibility index (Phi) is 4.32. The Labute approximate surface area is 126 Å². The van der Waals surface area contributed by atoms with Crippen LogP contribution in [0.5, 0.6) is 0 Å². The fourth-order valence-corrected chi connectivity index (χ4v) is 3.94. The van der Waals surface area contributed by atoms with Crippen LogP contribution in [0.2, 0.25) is 0 Å². The lowest BCUT2D eigenvalue weighted by atomic mass is 10.2. The van der Waals surface area contributed by atoms with E-state index in [2.05, 4.69) is 31.0 Å². The molecule has 1 heterocycles. The number of anilines is 1. The number of nitrogens with one attached hydrogen (secondary N) is 1. The van der Waals surface area contributed by atoms with Crippen molar-refractivity contribution >= 4 is 16.5 Å². The monoisotopic (exact) mass is 293 g/mol. The highest BCUT2D eigenvalue weighted by molar-refractivity contribution is 7.15. The normalized spacial score (nSPS) is 18.8. The molecule has 0 radical (unpaired) electrons. The fourth-order valence-electron chi connectivity index (χ4n) is 2.69. The highest BCUT2D eigenvalue weighted by atomic mass is 32.1. The van der Waals surface area contributed by atoms with Crippen molar-refractivity contribution in [3.8, 4) is 0 Å². The van der Waals surface area contributed by atoms with Gasteiger partial charge in [0.05, 0.1) is 5.69 Å². The number of aromatic nitrogens is 1. The summed E-state index contributed by atoms with van der Waals surface area (Å²) in [5, 5.41) is 4.87. The van der Waals surface area contributed by atoms with Gasteiger partial charge in [-0.05, 0) is 45.1 Å². The molecular formula is C16H27N3S. The molecular weight excluding hydrogens is 266 g/mol. The molecule has 3 nitrogen and oxygen atoms in total. The summed E-state index contributed by atoms with van der Waals surface area (Å²) < 4.78 is 0. The Morgan fingerprint density at radius 3 is 2.60 bits per heavy atom. The molecule has 0 atom stereocenters. The summed E-state index contributed by atoms with van der Waals surface area (Å²) in [5.41, 5.74) is 1.40. The maximum atomic E-state index is 5.01. The number of hydrogen-bond acceptors (Lipinski definition) is 4. The molecule has 0 saturated heterocycles. The molecule has 1 aromatic heterocycles. The second kappa shape index (κ2) is 6.02. The summed E-state index contributed by atoms with van der Waals surface area (Å²) in [6.07, 6.45) is 5.39. The van der Waals surface area contributed by atoms with Gasteiger partial charge in [0.1, 0.15) is 0 Å². The van der Waals surface area contributed by atoms with Crippen LogP contribution in [0.3, 0.4) is 0 Å². The zero-order valence-corrected chi connectivity index (χ0v) is 13.8. The SMILES string of the molecule is CCN(c1nc(C2CC2)c(CNCC(C)C)s1)C1CC1. The Balaban J connectivity index is 1.71. The Morgan fingerprint density at radius 2 is 2.05 bits per heavy atom. The van der Waals surface area contributed by atoms with Crippen molar-refractivity contribution in [2.45, 2.75) is 65.0 Å². The Bertz CT molecular complexity index is 447. The van der Waals surface area contributed by atoms with Gasteiger partial charge < -0.3 is 10.2 Å². The van der Waals surface area contributed by atoms with Crippen LogP contribution in [-0.2, 0) is 6.54 Å². The van der Waals surface area contributed by atoms with E-state index in [1.165, 1.54) is 41.4 Å². The van der Waals surface area contributed by atoms with E-state index in [9.17, 15) is 0 Å². The number of hydrogen-bond donors (Lipinski definition) is 1. The average Bonchev–Trinajstić information content (AvgIpc) is 3.30. The van der Waals surface area contributed by atoms with Crippen molar-refractivity contribution < 1.29 is 0 Å². The molecule has 4 heteroatoms. The van der Waals surface area contributed by atoms with Gasteiger partial charge in [-0.25, -0.2) is 4.98 Å². The van der Waals surface area contributed by atoms with Gasteiger partial charge in [-0.1, -0.05) is 13.8 Å². The Morgan fingerprint density at radius 1 is 1.30 bits per heavy atom. The molecule has 0 bridgehead atoms. The van der Waals surface area contributed by atoms with E-state index in [0.717, 1.165) is 31.6 Å². The van der Waals surface area contributed by atoms with Gasteiger partial charge in [0.2, 0.25) is 0 Å². The van der Waals surface area contributed by atoms with Gasteiger partial charge in [-0.15, -0.1) is 11.3 Å². The maximum Gasteiger partial charge on any atom is 0.186 e. The second-order valence-corrected chi connectivity index (χ2v) is 7.68. The van der Waals surface area contributed by atoms with Gasteiger partial charge in [0.15, 0.2) is 5.13 Å². The van der Waals surface area contributed by atoms with Crippen molar-refractivity contribution in [2.75, 3.05) is 18.0 Å². The molecule has 0 spiro atoms. The van der Waals surface area contributed by atoms with Crippen molar-refractivity contribution in [3.63, 3.8) is 0 Å². The van der Waals surface area contributed by atoms with Gasteiger partial charge in [0, 0.05) is 29.9 Å². The maximum absolute atomic E-state index is 5.01. The molecule has 0 aromatic carbocycles. The Hall–Kier alpha value is -0.610. The molecule has 3 rings (SSSR count). The zero-order valence-electron chi connectivity index (χ0n) is 13.0. The van der Waals surface area contributed by atoms with E-state index >= 15 is 0 Å². The van der Waals surface area contributed by atoms with E-state index in [4.69, 9.17) is 4.98 Å². The van der Waals surface area contributed by atoms with E-state index in [0.29, 0.717) is 5.92 Å². The molecule has 2 aliphatic rings. The standard InChI is InChI=1S/C16H27N3S/c1-4-19(13-7-8-13)16-18-15(12-5-6-12)14(20-16)10-17-9-11(2)3/h11-13,17H,4-10H2,1-3H3. The average molecular weight is 293 g/mol. The minimum absolute atomic E-state index is 0.713. The molecule has 1 aromatic rings.